The number of fused-ring (bicyclic) bond motifs is 1. The molecule has 0 spiro atoms. The number of benzene rings is 3. The molecule has 0 bridgehead atoms. The Hall–Kier alpha value is -2.23. The van der Waals surface area contributed by atoms with Crippen LogP contribution >= 0.6 is 23.2 Å². The predicted octanol–water partition coefficient (Wildman–Crippen LogP) is 5.41. The fraction of sp³-hybridized carbons (Fsp3) is 0.0556. The second-order valence-corrected chi connectivity index (χ2v) is 5.78. The minimum Gasteiger partial charge on any atom is -0.495 e. The molecule has 23 heavy (non-hydrogen) atoms. The van der Waals surface area contributed by atoms with E-state index in [1.165, 1.54) is 7.11 Å². The van der Waals surface area contributed by atoms with Gasteiger partial charge in [0.25, 0.3) is 5.91 Å². The quantitative estimate of drug-likeness (QED) is 0.689. The SMILES string of the molecule is COc1ccc(Cl)cc1NC(=O)c1cccc2c(Cl)cccc12. The Morgan fingerprint density at radius 1 is 1.00 bits per heavy atom. The molecule has 1 N–H and O–H groups in total. The lowest BCUT2D eigenvalue weighted by Crippen LogP contribution is -2.13. The third-order valence-electron chi connectivity index (χ3n) is 3.52. The van der Waals surface area contributed by atoms with Gasteiger partial charge in [-0.1, -0.05) is 47.5 Å². The molecule has 0 saturated carbocycles. The molecule has 0 fully saturated rings. The second kappa shape index (κ2) is 6.49. The number of nitrogens with one attached hydrogen (secondary N) is 1. The Morgan fingerprint density at radius 3 is 2.52 bits per heavy atom. The van der Waals surface area contributed by atoms with Gasteiger partial charge >= 0.3 is 0 Å². The van der Waals surface area contributed by atoms with Crippen LogP contribution in [0.5, 0.6) is 5.75 Å². The molecular formula is C18H13Cl2NO2. The van der Waals surface area contributed by atoms with Crippen LogP contribution in [0.1, 0.15) is 10.4 Å². The number of hydrogen-bond acceptors (Lipinski definition) is 2. The minimum absolute atomic E-state index is 0.251. The van der Waals surface area contributed by atoms with E-state index >= 15 is 0 Å². The van der Waals surface area contributed by atoms with Crippen molar-refractivity contribution in [1.82, 2.24) is 0 Å². The van der Waals surface area contributed by atoms with Crippen LogP contribution in [0.15, 0.2) is 54.6 Å². The summed E-state index contributed by atoms with van der Waals surface area (Å²) in [5, 5.41) is 5.59. The number of halogens is 2. The minimum atomic E-state index is -0.251. The summed E-state index contributed by atoms with van der Waals surface area (Å²) in [7, 11) is 1.54. The van der Waals surface area contributed by atoms with Crippen LogP contribution in [0, 0.1) is 0 Å². The third kappa shape index (κ3) is 3.11. The van der Waals surface area contributed by atoms with Gasteiger partial charge in [-0.15, -0.1) is 0 Å². The van der Waals surface area contributed by atoms with E-state index in [-0.39, 0.29) is 5.91 Å². The lowest BCUT2D eigenvalue weighted by atomic mass is 10.0. The van der Waals surface area contributed by atoms with Crippen molar-refractivity contribution in [2.45, 2.75) is 0 Å². The zero-order valence-electron chi connectivity index (χ0n) is 12.3. The molecule has 3 aromatic rings. The van der Waals surface area contributed by atoms with Crippen molar-refractivity contribution in [2.24, 2.45) is 0 Å². The van der Waals surface area contributed by atoms with Gasteiger partial charge in [-0.3, -0.25) is 4.79 Å². The van der Waals surface area contributed by atoms with E-state index in [9.17, 15) is 4.79 Å². The zero-order valence-corrected chi connectivity index (χ0v) is 13.8. The van der Waals surface area contributed by atoms with E-state index in [2.05, 4.69) is 5.32 Å². The summed E-state index contributed by atoms with van der Waals surface area (Å²) in [4.78, 5) is 12.7. The first-order valence-corrected chi connectivity index (χ1v) is 7.68. The van der Waals surface area contributed by atoms with Gasteiger partial charge in [-0.2, -0.15) is 0 Å². The van der Waals surface area contributed by atoms with E-state index in [0.717, 1.165) is 10.8 Å². The van der Waals surface area contributed by atoms with Crippen LogP contribution in [0.4, 0.5) is 5.69 Å². The van der Waals surface area contributed by atoms with Crippen LogP contribution in [-0.4, -0.2) is 13.0 Å². The predicted molar refractivity (Wildman–Crippen MR) is 94.9 cm³/mol. The van der Waals surface area contributed by atoms with Gasteiger partial charge in [0, 0.05) is 21.0 Å². The molecule has 0 radical (unpaired) electrons. The number of rotatable bonds is 3. The van der Waals surface area contributed by atoms with Gasteiger partial charge in [0.2, 0.25) is 0 Å². The first-order chi connectivity index (χ1) is 11.1. The molecule has 0 aliphatic carbocycles. The molecule has 0 saturated heterocycles. The Bertz CT molecular complexity index is 893. The van der Waals surface area contributed by atoms with Gasteiger partial charge < -0.3 is 10.1 Å². The van der Waals surface area contributed by atoms with Crippen LogP contribution < -0.4 is 10.1 Å². The summed E-state index contributed by atoms with van der Waals surface area (Å²) < 4.78 is 5.25. The number of carbonyl (C=O) groups is 1. The van der Waals surface area contributed by atoms with E-state index < -0.39 is 0 Å². The van der Waals surface area contributed by atoms with E-state index in [1.54, 1.807) is 36.4 Å². The molecule has 0 aliphatic rings. The molecule has 3 nitrogen and oxygen atoms in total. The molecule has 0 atom stereocenters. The van der Waals surface area contributed by atoms with E-state index in [0.29, 0.717) is 27.0 Å². The summed E-state index contributed by atoms with van der Waals surface area (Å²) in [5.41, 5.74) is 1.05. The molecular weight excluding hydrogens is 333 g/mol. The molecule has 3 aromatic carbocycles. The number of carbonyl (C=O) groups excluding carboxylic acids is 1. The van der Waals surface area contributed by atoms with Crippen molar-refractivity contribution >= 4 is 45.6 Å². The van der Waals surface area contributed by atoms with Gasteiger partial charge in [-0.25, -0.2) is 0 Å². The van der Waals surface area contributed by atoms with Crippen LogP contribution in [0.3, 0.4) is 0 Å². The maximum absolute atomic E-state index is 12.7. The summed E-state index contributed by atoms with van der Waals surface area (Å²) in [6.45, 7) is 0. The van der Waals surface area contributed by atoms with Crippen molar-refractivity contribution in [3.63, 3.8) is 0 Å². The summed E-state index contributed by atoms with van der Waals surface area (Å²) in [6.07, 6.45) is 0. The first kappa shape index (κ1) is 15.7. The topological polar surface area (TPSA) is 38.3 Å². The Labute approximate surface area is 143 Å². The lowest BCUT2D eigenvalue weighted by molar-refractivity contribution is 0.102. The highest BCUT2D eigenvalue weighted by atomic mass is 35.5. The Kier molecular flexibility index (Phi) is 4.42. The third-order valence-corrected chi connectivity index (χ3v) is 4.09. The fourth-order valence-electron chi connectivity index (χ4n) is 2.44. The standard InChI is InChI=1S/C18H13Cl2NO2/c1-23-17-9-8-11(19)10-16(17)21-18(22)14-6-2-5-13-12(14)4-3-7-15(13)20/h2-10H,1H3,(H,21,22). The molecule has 5 heteroatoms. The lowest BCUT2D eigenvalue weighted by Gasteiger charge is -2.12. The zero-order chi connectivity index (χ0) is 16.4. The smallest absolute Gasteiger partial charge is 0.256 e. The first-order valence-electron chi connectivity index (χ1n) is 6.92. The molecule has 0 aliphatic heterocycles. The number of amides is 1. The van der Waals surface area contributed by atoms with Crippen LogP contribution in [0.25, 0.3) is 10.8 Å². The average Bonchev–Trinajstić information content (AvgIpc) is 2.55. The van der Waals surface area contributed by atoms with Gasteiger partial charge in [-0.05, 0) is 35.7 Å². The van der Waals surface area contributed by atoms with Crippen LogP contribution in [-0.2, 0) is 0 Å². The van der Waals surface area contributed by atoms with Crippen molar-refractivity contribution in [2.75, 3.05) is 12.4 Å². The van der Waals surface area contributed by atoms with Crippen LogP contribution in [0.2, 0.25) is 10.0 Å². The maximum atomic E-state index is 12.7. The monoisotopic (exact) mass is 345 g/mol. The van der Waals surface area contributed by atoms with Gasteiger partial charge in [0.05, 0.1) is 12.8 Å². The highest BCUT2D eigenvalue weighted by Gasteiger charge is 2.13. The Balaban J connectivity index is 2.02. The fourth-order valence-corrected chi connectivity index (χ4v) is 2.85. The number of ether oxygens (including phenoxy) is 1. The van der Waals surface area contributed by atoms with Crippen molar-refractivity contribution in [1.29, 1.82) is 0 Å². The summed E-state index contributed by atoms with van der Waals surface area (Å²) in [5.74, 6) is 0.291. The van der Waals surface area contributed by atoms with E-state index in [1.807, 2.05) is 18.2 Å². The van der Waals surface area contributed by atoms with Crippen molar-refractivity contribution in [3.8, 4) is 5.75 Å². The molecule has 3 rings (SSSR count). The highest BCUT2D eigenvalue weighted by Crippen LogP contribution is 2.30. The Morgan fingerprint density at radius 2 is 1.74 bits per heavy atom. The number of anilines is 1. The normalized spacial score (nSPS) is 10.6. The van der Waals surface area contributed by atoms with Gasteiger partial charge in [0.15, 0.2) is 0 Å². The molecule has 0 heterocycles. The summed E-state index contributed by atoms with van der Waals surface area (Å²) in [6, 6.07) is 16.0. The molecule has 0 aromatic heterocycles. The second-order valence-electron chi connectivity index (χ2n) is 4.94. The van der Waals surface area contributed by atoms with E-state index in [4.69, 9.17) is 27.9 Å². The van der Waals surface area contributed by atoms with Gasteiger partial charge in [0.1, 0.15) is 5.75 Å². The van der Waals surface area contributed by atoms with Crippen molar-refractivity contribution in [3.05, 3.63) is 70.2 Å². The molecule has 1 amide bonds. The number of hydrogen-bond donors (Lipinski definition) is 1. The number of methoxy groups -OCH3 is 1. The largest absolute Gasteiger partial charge is 0.495 e. The van der Waals surface area contributed by atoms with Crippen molar-refractivity contribution < 1.29 is 9.53 Å². The molecule has 116 valence electrons. The maximum Gasteiger partial charge on any atom is 0.256 e. The molecule has 0 unspecified atom stereocenters. The summed E-state index contributed by atoms with van der Waals surface area (Å²) >= 11 is 12.2. The highest BCUT2D eigenvalue weighted by molar-refractivity contribution is 6.36. The average molecular weight is 346 g/mol.